The Morgan fingerprint density at radius 3 is 1.98 bits per heavy atom. The summed E-state index contributed by atoms with van der Waals surface area (Å²) in [6, 6.07) is 24.5. The van der Waals surface area contributed by atoms with Crippen LogP contribution in [0.3, 0.4) is 0 Å². The second-order valence-corrected chi connectivity index (χ2v) is 8.81. The van der Waals surface area contributed by atoms with Crippen LogP contribution in [0.5, 0.6) is 5.88 Å². The highest BCUT2D eigenvalue weighted by Crippen LogP contribution is 2.22. The molecule has 1 fully saturated rings. The molecule has 0 atom stereocenters. The van der Waals surface area contributed by atoms with E-state index in [1.165, 1.54) is 24.3 Å². The minimum atomic E-state index is -0.862. The number of anilines is 1. The molecule has 1 aliphatic rings. The van der Waals surface area contributed by atoms with Crippen LogP contribution in [0.15, 0.2) is 124 Å². The molecule has 3 aromatic carbocycles. The molecular weight excluding hydrogens is 524 g/mol. The molecule has 3 N–H and O–H groups in total. The predicted molar refractivity (Wildman–Crippen MR) is 153 cm³/mol. The molecule has 1 saturated heterocycles. The quantitative estimate of drug-likeness (QED) is 0.192. The highest BCUT2D eigenvalue weighted by molar-refractivity contribution is 6.37. The number of aromatic nitrogens is 2. The van der Waals surface area contributed by atoms with E-state index in [1.807, 2.05) is 0 Å². The van der Waals surface area contributed by atoms with Crippen LogP contribution < -0.4 is 21.5 Å². The maximum absolute atomic E-state index is 13.2. The molecule has 0 unspecified atom stereocenters. The normalized spacial score (nSPS) is 15.0. The van der Waals surface area contributed by atoms with E-state index in [0.717, 1.165) is 9.47 Å². The number of benzene rings is 3. The van der Waals surface area contributed by atoms with Gasteiger partial charge < -0.3 is 5.11 Å². The summed E-state index contributed by atoms with van der Waals surface area (Å²) in [5.41, 5.74) is -0.299. The number of amides is 4. The number of carbonyl (C=O) groups excluding carboxylic acids is 3. The molecule has 1 aromatic heterocycles. The van der Waals surface area contributed by atoms with Crippen LogP contribution in [-0.4, -0.2) is 32.5 Å². The van der Waals surface area contributed by atoms with E-state index in [0.29, 0.717) is 22.5 Å². The number of aromatic hydroxyl groups is 1. The van der Waals surface area contributed by atoms with E-state index in [-0.39, 0.29) is 11.1 Å². The Kier molecular flexibility index (Phi) is 7.37. The molecular formula is C31H22N4O6. The Balaban J connectivity index is 1.58. The Morgan fingerprint density at radius 2 is 1.34 bits per heavy atom. The van der Waals surface area contributed by atoms with Crippen LogP contribution >= 0.6 is 0 Å². The number of urea groups is 1. The molecule has 0 aliphatic carbocycles. The summed E-state index contributed by atoms with van der Waals surface area (Å²) >= 11 is 0. The van der Waals surface area contributed by atoms with Crippen LogP contribution in [0.4, 0.5) is 10.5 Å². The Bertz CT molecular complexity index is 1850. The number of hydrogen-bond donors (Lipinski definition) is 3. The average molecular weight is 547 g/mol. The molecule has 4 aromatic rings. The van der Waals surface area contributed by atoms with Crippen LogP contribution in [0.1, 0.15) is 11.1 Å². The summed E-state index contributed by atoms with van der Waals surface area (Å²) < 4.78 is 0.896. The molecule has 2 heterocycles. The van der Waals surface area contributed by atoms with E-state index < -0.39 is 35.0 Å². The molecule has 41 heavy (non-hydrogen) atoms. The first-order valence-electron chi connectivity index (χ1n) is 12.4. The van der Waals surface area contributed by atoms with Crippen molar-refractivity contribution in [3.05, 3.63) is 147 Å². The van der Waals surface area contributed by atoms with E-state index in [4.69, 9.17) is 0 Å². The number of imide groups is 2. The molecule has 4 amide bonds. The van der Waals surface area contributed by atoms with Crippen LogP contribution in [0.25, 0.3) is 17.3 Å². The topological polar surface area (TPSA) is 142 Å². The molecule has 0 bridgehead atoms. The fourth-order valence-electron chi connectivity index (χ4n) is 4.21. The third-order valence-corrected chi connectivity index (χ3v) is 6.21. The van der Waals surface area contributed by atoms with Gasteiger partial charge in [-0.05, 0) is 47.6 Å². The molecule has 0 radical (unpaired) electrons. The predicted octanol–water partition coefficient (Wildman–Crippen LogP) is 3.54. The second kappa shape index (κ2) is 11.4. The minimum absolute atomic E-state index is 0.185. The van der Waals surface area contributed by atoms with Gasteiger partial charge in [0.05, 0.1) is 11.4 Å². The number of nitrogens with zero attached hydrogens (tertiary/aromatic N) is 2. The van der Waals surface area contributed by atoms with Gasteiger partial charge in [0.15, 0.2) is 0 Å². The summed E-state index contributed by atoms with van der Waals surface area (Å²) in [7, 11) is 0. The van der Waals surface area contributed by atoms with Gasteiger partial charge in [-0.15, -0.1) is 0 Å². The van der Waals surface area contributed by atoms with Crippen molar-refractivity contribution in [1.82, 2.24) is 14.9 Å². The van der Waals surface area contributed by atoms with Crippen LogP contribution in [-0.2, 0) is 9.59 Å². The van der Waals surface area contributed by atoms with Gasteiger partial charge >= 0.3 is 11.7 Å². The van der Waals surface area contributed by atoms with E-state index >= 15 is 0 Å². The fourth-order valence-corrected chi connectivity index (χ4v) is 4.21. The lowest BCUT2D eigenvalue weighted by Gasteiger charge is -2.26. The summed E-state index contributed by atoms with van der Waals surface area (Å²) in [5.74, 6) is -2.28. The van der Waals surface area contributed by atoms with Gasteiger partial charge in [-0.1, -0.05) is 78.9 Å². The summed E-state index contributed by atoms with van der Waals surface area (Å²) in [5, 5.41) is 12.6. The maximum Gasteiger partial charge on any atom is 0.335 e. The van der Waals surface area contributed by atoms with Crippen molar-refractivity contribution < 1.29 is 19.5 Å². The number of hydrogen-bond acceptors (Lipinski definition) is 6. The zero-order valence-corrected chi connectivity index (χ0v) is 21.4. The zero-order chi connectivity index (χ0) is 28.9. The number of carbonyl (C=O) groups is 3. The molecule has 1 aliphatic heterocycles. The van der Waals surface area contributed by atoms with Gasteiger partial charge in [0, 0.05) is 0 Å². The van der Waals surface area contributed by atoms with Gasteiger partial charge in [0.1, 0.15) is 11.1 Å². The van der Waals surface area contributed by atoms with Crippen molar-refractivity contribution in [1.29, 1.82) is 0 Å². The lowest BCUT2D eigenvalue weighted by Crippen LogP contribution is -2.54. The van der Waals surface area contributed by atoms with Crippen LogP contribution in [0, 0.1) is 0 Å². The number of nitrogens with one attached hydrogen (secondary N) is 2. The number of aromatic amines is 1. The molecule has 10 nitrogen and oxygen atoms in total. The number of barbiturate groups is 1. The summed E-state index contributed by atoms with van der Waals surface area (Å²) in [6.45, 7) is 0. The summed E-state index contributed by atoms with van der Waals surface area (Å²) in [6.07, 6.45) is 5.59. The molecule has 5 rings (SSSR count). The van der Waals surface area contributed by atoms with Crippen LogP contribution in [0.2, 0.25) is 0 Å². The van der Waals surface area contributed by atoms with Crippen molar-refractivity contribution in [2.24, 2.45) is 0 Å². The molecule has 10 heteroatoms. The van der Waals surface area contributed by atoms with Crippen molar-refractivity contribution in [2.75, 3.05) is 4.90 Å². The van der Waals surface area contributed by atoms with Gasteiger partial charge in [0.2, 0.25) is 5.88 Å². The van der Waals surface area contributed by atoms with E-state index in [9.17, 15) is 29.1 Å². The molecule has 0 saturated carbocycles. The van der Waals surface area contributed by atoms with Crippen molar-refractivity contribution in [3.8, 4) is 11.6 Å². The first-order valence-corrected chi connectivity index (χ1v) is 12.4. The Morgan fingerprint density at radius 1 is 0.756 bits per heavy atom. The Hall–Kier alpha value is -6.03. The largest absolute Gasteiger partial charge is 0.494 e. The summed E-state index contributed by atoms with van der Waals surface area (Å²) in [4.78, 5) is 67.1. The van der Waals surface area contributed by atoms with E-state index in [1.54, 1.807) is 91.0 Å². The SMILES string of the molecule is O=C1NC(=O)N(c2ccccc2)C(=O)\C1=C/C=C(/C=C/c1c(O)[nH]c(=O)n(-c2ccccc2)c1=O)c1ccccc1. The van der Waals surface area contributed by atoms with Crippen molar-refractivity contribution in [3.63, 3.8) is 0 Å². The highest BCUT2D eigenvalue weighted by Gasteiger charge is 2.36. The third kappa shape index (κ3) is 5.43. The number of rotatable bonds is 6. The fraction of sp³-hybridized carbons (Fsp3) is 0. The van der Waals surface area contributed by atoms with Gasteiger partial charge in [0.25, 0.3) is 17.4 Å². The molecule has 0 spiro atoms. The monoisotopic (exact) mass is 546 g/mol. The second-order valence-electron chi connectivity index (χ2n) is 8.81. The zero-order valence-electron chi connectivity index (χ0n) is 21.4. The first-order chi connectivity index (χ1) is 19.8. The number of allylic oxidation sites excluding steroid dienone is 4. The lowest BCUT2D eigenvalue weighted by molar-refractivity contribution is -0.122. The van der Waals surface area contributed by atoms with Gasteiger partial charge in [-0.2, -0.15) is 0 Å². The molecule has 202 valence electrons. The third-order valence-electron chi connectivity index (χ3n) is 6.21. The van der Waals surface area contributed by atoms with Crippen molar-refractivity contribution in [2.45, 2.75) is 0 Å². The number of H-pyrrole nitrogens is 1. The first kappa shape index (κ1) is 26.6. The standard InChI is InChI=1S/C31H22N4O6/c36-26-24(28(38)34(30(40)32-26)22-12-6-2-7-13-22)18-16-21(20-10-4-1-5-11-20)17-19-25-27(37)33-31(41)35(29(25)39)23-14-8-3-9-15-23/h1-19,36H,(H,32,40)(H,33,37,41)/b18-16+,21-17-,25-19-. The lowest BCUT2D eigenvalue weighted by atomic mass is 10.0. The van der Waals surface area contributed by atoms with Gasteiger partial charge in [-0.3, -0.25) is 24.7 Å². The average Bonchev–Trinajstić information content (AvgIpc) is 2.97. The number of para-hydroxylation sites is 2. The van der Waals surface area contributed by atoms with Crippen molar-refractivity contribution >= 4 is 35.2 Å². The minimum Gasteiger partial charge on any atom is -0.494 e. The highest BCUT2D eigenvalue weighted by atomic mass is 16.3. The van der Waals surface area contributed by atoms with Gasteiger partial charge in [-0.25, -0.2) is 19.1 Å². The Labute approximate surface area is 232 Å². The maximum atomic E-state index is 13.2. The van der Waals surface area contributed by atoms with E-state index in [2.05, 4.69) is 10.3 Å². The smallest absolute Gasteiger partial charge is 0.335 e.